The van der Waals surface area contributed by atoms with Crippen LogP contribution in [0, 0.1) is 0 Å². The van der Waals surface area contributed by atoms with Crippen LogP contribution in [0.5, 0.6) is 0 Å². The Bertz CT molecular complexity index is 341. The topological polar surface area (TPSA) is 46.6 Å². The fourth-order valence-electron chi connectivity index (χ4n) is 1.54. The number of ether oxygens (including phenoxy) is 1. The number of rotatable bonds is 1. The van der Waals surface area contributed by atoms with Crippen LogP contribution < -0.4 is 0 Å². The summed E-state index contributed by atoms with van der Waals surface area (Å²) in [5.74, 6) is -7.29. The van der Waals surface area contributed by atoms with E-state index in [9.17, 15) is 31.5 Å². The third-order valence-electron chi connectivity index (χ3n) is 2.25. The molecule has 1 aliphatic rings. The summed E-state index contributed by atoms with van der Waals surface area (Å²) in [4.78, 5) is 21.7. The van der Waals surface area contributed by atoms with Gasteiger partial charge in [-0.05, 0) is 0 Å². The number of likely N-dealkylation sites (tertiary alicyclic amines) is 1. The van der Waals surface area contributed by atoms with Gasteiger partial charge in [-0.15, -0.1) is 0 Å². The van der Waals surface area contributed by atoms with Crippen molar-refractivity contribution in [3.8, 4) is 0 Å². The second-order valence-corrected chi connectivity index (χ2v) is 3.53. The van der Waals surface area contributed by atoms with Crippen molar-refractivity contribution in [1.29, 1.82) is 0 Å². The Kier molecular flexibility index (Phi) is 3.30. The predicted molar refractivity (Wildman–Crippen MR) is 43.1 cm³/mol. The highest BCUT2D eigenvalue weighted by atomic mass is 19.4. The zero-order valence-corrected chi connectivity index (χ0v) is 8.55. The molecular formula is C8H8F5NO3. The minimum absolute atomic E-state index is 0.203. The van der Waals surface area contributed by atoms with E-state index >= 15 is 0 Å². The summed E-state index contributed by atoms with van der Waals surface area (Å²) < 4.78 is 66.2. The minimum atomic E-state index is -5.30. The van der Waals surface area contributed by atoms with Gasteiger partial charge in [-0.25, -0.2) is 13.6 Å². The van der Waals surface area contributed by atoms with Crippen LogP contribution in [0.3, 0.4) is 0 Å². The lowest BCUT2D eigenvalue weighted by Crippen LogP contribution is -2.47. The fourth-order valence-corrected chi connectivity index (χ4v) is 1.54. The second kappa shape index (κ2) is 4.11. The van der Waals surface area contributed by atoms with E-state index in [1.807, 2.05) is 0 Å². The van der Waals surface area contributed by atoms with Gasteiger partial charge < -0.3 is 9.64 Å². The van der Waals surface area contributed by atoms with Crippen LogP contribution in [0.4, 0.5) is 22.0 Å². The molecule has 1 rings (SSSR count). The molecule has 1 heterocycles. The number of carbonyl (C=O) groups excluding carboxylic acids is 2. The predicted octanol–water partition coefficient (Wildman–Crippen LogP) is 0.958. The maximum atomic E-state index is 12.9. The lowest BCUT2D eigenvalue weighted by molar-refractivity contribution is -0.188. The van der Waals surface area contributed by atoms with E-state index < -0.39 is 43.0 Å². The molecule has 0 aromatic heterocycles. The molecule has 4 nitrogen and oxygen atoms in total. The second-order valence-electron chi connectivity index (χ2n) is 3.53. The van der Waals surface area contributed by atoms with E-state index in [4.69, 9.17) is 0 Å². The molecule has 0 N–H and O–H groups in total. The van der Waals surface area contributed by atoms with Gasteiger partial charge in [-0.3, -0.25) is 4.79 Å². The molecule has 0 aromatic rings. The van der Waals surface area contributed by atoms with Crippen LogP contribution >= 0.6 is 0 Å². The monoisotopic (exact) mass is 261 g/mol. The van der Waals surface area contributed by atoms with Gasteiger partial charge in [0.05, 0.1) is 13.7 Å². The quantitative estimate of drug-likeness (QED) is 0.521. The first-order valence-corrected chi connectivity index (χ1v) is 4.42. The van der Waals surface area contributed by atoms with Gasteiger partial charge in [-0.1, -0.05) is 0 Å². The summed E-state index contributed by atoms with van der Waals surface area (Å²) in [6.45, 7) is -1.44. The molecule has 0 aromatic carbocycles. The number of hydrogen-bond acceptors (Lipinski definition) is 3. The van der Waals surface area contributed by atoms with Crippen LogP contribution in [-0.2, 0) is 14.3 Å². The molecule has 0 spiro atoms. The Balaban J connectivity index is 2.96. The molecule has 0 aliphatic carbocycles. The van der Waals surface area contributed by atoms with Gasteiger partial charge in [-0.2, -0.15) is 13.2 Å². The highest BCUT2D eigenvalue weighted by molar-refractivity contribution is 5.88. The van der Waals surface area contributed by atoms with E-state index in [0.717, 1.165) is 7.11 Å². The van der Waals surface area contributed by atoms with Gasteiger partial charge in [0.2, 0.25) is 0 Å². The van der Waals surface area contributed by atoms with Gasteiger partial charge >= 0.3 is 18.1 Å². The van der Waals surface area contributed by atoms with Crippen LogP contribution in [0.15, 0.2) is 0 Å². The number of nitrogens with zero attached hydrogens (tertiary/aromatic N) is 1. The Morgan fingerprint density at radius 2 is 1.88 bits per heavy atom. The van der Waals surface area contributed by atoms with Crippen molar-refractivity contribution in [3.63, 3.8) is 0 Å². The zero-order chi connectivity index (χ0) is 13.4. The molecule has 1 atom stereocenters. The third kappa shape index (κ3) is 2.83. The molecule has 98 valence electrons. The van der Waals surface area contributed by atoms with Crippen molar-refractivity contribution in [1.82, 2.24) is 4.90 Å². The number of hydrogen-bond donors (Lipinski definition) is 0. The number of amides is 1. The van der Waals surface area contributed by atoms with Gasteiger partial charge in [0, 0.05) is 6.42 Å². The molecule has 0 bridgehead atoms. The first kappa shape index (κ1) is 13.7. The average molecular weight is 261 g/mol. The van der Waals surface area contributed by atoms with Crippen molar-refractivity contribution in [3.05, 3.63) is 0 Å². The van der Waals surface area contributed by atoms with Crippen molar-refractivity contribution in [2.24, 2.45) is 0 Å². The molecule has 0 radical (unpaired) electrons. The molecule has 1 amide bonds. The normalized spacial score (nSPS) is 23.6. The van der Waals surface area contributed by atoms with Gasteiger partial charge in [0.1, 0.15) is 6.04 Å². The number of carbonyl (C=O) groups is 2. The molecule has 9 heteroatoms. The molecule has 1 saturated heterocycles. The van der Waals surface area contributed by atoms with Crippen molar-refractivity contribution >= 4 is 11.9 Å². The molecule has 0 saturated carbocycles. The maximum Gasteiger partial charge on any atom is 0.471 e. The molecular weight excluding hydrogens is 253 g/mol. The summed E-state index contributed by atoms with van der Waals surface area (Å²) >= 11 is 0. The van der Waals surface area contributed by atoms with E-state index in [1.54, 1.807) is 0 Å². The van der Waals surface area contributed by atoms with E-state index in [-0.39, 0.29) is 4.90 Å². The molecule has 1 unspecified atom stereocenters. The number of methoxy groups -OCH3 is 1. The van der Waals surface area contributed by atoms with Gasteiger partial charge in [0.25, 0.3) is 5.92 Å². The highest BCUT2D eigenvalue weighted by Crippen LogP contribution is 2.35. The third-order valence-corrected chi connectivity index (χ3v) is 2.25. The minimum Gasteiger partial charge on any atom is -0.467 e. The lowest BCUT2D eigenvalue weighted by Gasteiger charge is -2.22. The lowest BCUT2D eigenvalue weighted by atomic mass is 10.2. The van der Waals surface area contributed by atoms with E-state index in [1.165, 1.54) is 0 Å². The Morgan fingerprint density at radius 3 is 2.29 bits per heavy atom. The first-order chi connectivity index (χ1) is 7.58. The Morgan fingerprint density at radius 1 is 1.35 bits per heavy atom. The van der Waals surface area contributed by atoms with Crippen molar-refractivity contribution in [2.75, 3.05) is 13.7 Å². The zero-order valence-electron chi connectivity index (χ0n) is 8.55. The highest BCUT2D eigenvalue weighted by Gasteiger charge is 2.56. The molecule has 17 heavy (non-hydrogen) atoms. The van der Waals surface area contributed by atoms with Crippen LogP contribution in [0.2, 0.25) is 0 Å². The van der Waals surface area contributed by atoms with Crippen molar-refractivity contribution < 1.29 is 36.3 Å². The standard InChI is InChI=1S/C8H8F5NO3/c1-17-5(15)4-2-7(9,10)3-14(4)6(16)8(11,12)13/h4H,2-3H2,1H3. The Labute approximate surface area is 92.3 Å². The average Bonchev–Trinajstić information content (AvgIpc) is 2.50. The number of halogens is 5. The first-order valence-electron chi connectivity index (χ1n) is 4.42. The summed E-state index contributed by atoms with van der Waals surface area (Å²) in [6, 6.07) is -1.90. The summed E-state index contributed by atoms with van der Waals surface area (Å²) in [7, 11) is 0.842. The van der Waals surface area contributed by atoms with Crippen LogP contribution in [0.1, 0.15) is 6.42 Å². The smallest absolute Gasteiger partial charge is 0.467 e. The van der Waals surface area contributed by atoms with Crippen LogP contribution in [0.25, 0.3) is 0 Å². The van der Waals surface area contributed by atoms with Crippen LogP contribution in [-0.4, -0.2) is 48.6 Å². The number of esters is 1. The maximum absolute atomic E-state index is 12.9. The Hall–Kier alpha value is -1.41. The summed E-state index contributed by atoms with van der Waals surface area (Å²) in [5.41, 5.74) is 0. The largest absolute Gasteiger partial charge is 0.471 e. The van der Waals surface area contributed by atoms with E-state index in [0.29, 0.717) is 0 Å². The number of alkyl halides is 5. The summed E-state index contributed by atoms with van der Waals surface area (Å²) in [5, 5.41) is 0. The summed E-state index contributed by atoms with van der Waals surface area (Å²) in [6.07, 6.45) is -6.46. The molecule has 1 fully saturated rings. The van der Waals surface area contributed by atoms with Crippen molar-refractivity contribution in [2.45, 2.75) is 24.6 Å². The fraction of sp³-hybridized carbons (Fsp3) is 0.750. The van der Waals surface area contributed by atoms with E-state index in [2.05, 4.69) is 4.74 Å². The molecule has 1 aliphatic heterocycles. The van der Waals surface area contributed by atoms with Gasteiger partial charge in [0.15, 0.2) is 0 Å². The SMILES string of the molecule is COC(=O)C1CC(F)(F)CN1C(=O)C(F)(F)F.